The predicted octanol–water partition coefficient (Wildman–Crippen LogP) is 5.25. The van der Waals surface area contributed by atoms with Crippen molar-refractivity contribution in [2.24, 2.45) is 0 Å². The van der Waals surface area contributed by atoms with Gasteiger partial charge in [0.1, 0.15) is 5.82 Å². The molecule has 0 radical (unpaired) electrons. The monoisotopic (exact) mass is 442 g/mol. The van der Waals surface area contributed by atoms with Crippen LogP contribution in [0, 0.1) is 0 Å². The largest absolute Gasteiger partial charge is 0.377 e. The van der Waals surface area contributed by atoms with E-state index in [4.69, 9.17) is 0 Å². The topological polar surface area (TPSA) is 78.1 Å². The van der Waals surface area contributed by atoms with E-state index in [0.717, 1.165) is 22.1 Å². The molecule has 32 heavy (non-hydrogen) atoms. The van der Waals surface area contributed by atoms with E-state index in [1.807, 2.05) is 79.7 Å². The van der Waals surface area contributed by atoms with Crippen molar-refractivity contribution in [2.45, 2.75) is 4.90 Å². The third-order valence-corrected chi connectivity index (χ3v) is 6.87. The Hall–Kier alpha value is -3.84. The molecular formula is C25H22N4O2S. The molecule has 0 unspecified atom stereocenters. The van der Waals surface area contributed by atoms with Gasteiger partial charge in [0.15, 0.2) is 0 Å². The first-order valence-corrected chi connectivity index (χ1v) is 11.7. The second-order valence-corrected chi connectivity index (χ2v) is 9.43. The van der Waals surface area contributed by atoms with Gasteiger partial charge in [-0.25, -0.2) is 13.4 Å². The first-order valence-electron chi connectivity index (χ1n) is 10.2. The molecule has 2 N–H and O–H groups in total. The fourth-order valence-electron chi connectivity index (χ4n) is 3.95. The van der Waals surface area contributed by atoms with Gasteiger partial charge in [0.2, 0.25) is 0 Å². The Balaban J connectivity index is 1.60. The highest BCUT2D eigenvalue weighted by Crippen LogP contribution is 2.33. The lowest BCUT2D eigenvalue weighted by Crippen LogP contribution is -2.15. The summed E-state index contributed by atoms with van der Waals surface area (Å²) in [6.07, 6.45) is 0. The number of sulfonamides is 1. The van der Waals surface area contributed by atoms with E-state index in [1.54, 1.807) is 24.3 Å². The SMILES string of the molecule is CN(C)c1cccc2c(S(=O)(=O)Nc3ccccc3-c3nc4ccccc4[nH]3)cccc12. The lowest BCUT2D eigenvalue weighted by molar-refractivity contribution is 0.602. The van der Waals surface area contributed by atoms with E-state index in [9.17, 15) is 8.42 Å². The summed E-state index contributed by atoms with van der Waals surface area (Å²) in [5, 5.41) is 1.55. The molecule has 1 heterocycles. The average molecular weight is 443 g/mol. The van der Waals surface area contributed by atoms with Crippen molar-refractivity contribution in [3.05, 3.63) is 84.9 Å². The molecule has 0 aliphatic carbocycles. The van der Waals surface area contributed by atoms with Gasteiger partial charge in [0.05, 0.1) is 21.6 Å². The molecule has 5 rings (SSSR count). The Bertz CT molecular complexity index is 1520. The first kappa shape index (κ1) is 20.1. The maximum Gasteiger partial charge on any atom is 0.262 e. The van der Waals surface area contributed by atoms with Crippen LogP contribution >= 0.6 is 0 Å². The summed E-state index contributed by atoms with van der Waals surface area (Å²) < 4.78 is 29.8. The van der Waals surface area contributed by atoms with Gasteiger partial charge in [-0.05, 0) is 36.4 Å². The number of hydrogen-bond donors (Lipinski definition) is 2. The average Bonchev–Trinajstić information content (AvgIpc) is 3.22. The molecule has 0 saturated heterocycles. The van der Waals surface area contributed by atoms with Crippen LogP contribution in [0.3, 0.4) is 0 Å². The Morgan fingerprint density at radius 3 is 2.34 bits per heavy atom. The first-order chi connectivity index (χ1) is 15.4. The molecular weight excluding hydrogens is 420 g/mol. The standard InChI is InChI=1S/C25H22N4O2S/c1-29(2)23-15-7-11-18-17(23)10-8-16-24(18)32(30,31)28-20-12-4-3-9-19(20)25-26-21-13-5-6-14-22(21)27-25/h3-16,28H,1-2H3,(H,26,27). The number of anilines is 2. The van der Waals surface area contributed by atoms with Crippen LogP contribution in [0.5, 0.6) is 0 Å². The fraction of sp³-hybridized carbons (Fsp3) is 0.0800. The quantitative estimate of drug-likeness (QED) is 0.390. The molecule has 0 bridgehead atoms. The van der Waals surface area contributed by atoms with Gasteiger partial charge in [-0.3, -0.25) is 4.72 Å². The Kier molecular flexibility index (Phi) is 4.83. The van der Waals surface area contributed by atoms with Gasteiger partial charge in [0.25, 0.3) is 10.0 Å². The van der Waals surface area contributed by atoms with Crippen LogP contribution in [0.25, 0.3) is 33.2 Å². The van der Waals surface area contributed by atoms with Crippen molar-refractivity contribution in [3.63, 3.8) is 0 Å². The van der Waals surface area contributed by atoms with Gasteiger partial charge in [0, 0.05) is 36.1 Å². The summed E-state index contributed by atoms with van der Waals surface area (Å²) in [6.45, 7) is 0. The zero-order valence-electron chi connectivity index (χ0n) is 17.7. The number of para-hydroxylation sites is 3. The smallest absolute Gasteiger partial charge is 0.262 e. The van der Waals surface area contributed by atoms with Crippen molar-refractivity contribution < 1.29 is 8.42 Å². The van der Waals surface area contributed by atoms with E-state index in [-0.39, 0.29) is 4.90 Å². The molecule has 0 atom stereocenters. The van der Waals surface area contributed by atoms with Crippen LogP contribution in [0.4, 0.5) is 11.4 Å². The normalized spacial score (nSPS) is 11.7. The summed E-state index contributed by atoms with van der Waals surface area (Å²) in [4.78, 5) is 10.1. The van der Waals surface area contributed by atoms with Crippen LogP contribution in [0.15, 0.2) is 89.8 Å². The maximum absolute atomic E-state index is 13.5. The second-order valence-electron chi connectivity index (χ2n) is 7.78. The number of benzene rings is 4. The number of aromatic nitrogens is 2. The summed E-state index contributed by atoms with van der Waals surface area (Å²) in [6, 6.07) is 26.0. The van der Waals surface area contributed by atoms with Gasteiger partial charge in [-0.15, -0.1) is 0 Å². The fourth-order valence-corrected chi connectivity index (χ4v) is 5.25. The van der Waals surface area contributed by atoms with E-state index < -0.39 is 10.0 Å². The molecule has 160 valence electrons. The van der Waals surface area contributed by atoms with Crippen molar-refractivity contribution in [1.82, 2.24) is 9.97 Å². The summed E-state index contributed by atoms with van der Waals surface area (Å²) in [5.74, 6) is 0.609. The Labute approximate surface area is 186 Å². The minimum Gasteiger partial charge on any atom is -0.377 e. The highest BCUT2D eigenvalue weighted by atomic mass is 32.2. The highest BCUT2D eigenvalue weighted by molar-refractivity contribution is 7.93. The van der Waals surface area contributed by atoms with Crippen molar-refractivity contribution in [1.29, 1.82) is 0 Å². The highest BCUT2D eigenvalue weighted by Gasteiger charge is 2.21. The third kappa shape index (κ3) is 3.46. The molecule has 4 aromatic carbocycles. The van der Waals surface area contributed by atoms with Gasteiger partial charge >= 0.3 is 0 Å². The molecule has 7 heteroatoms. The molecule has 0 aliphatic heterocycles. The molecule has 5 aromatic rings. The van der Waals surface area contributed by atoms with E-state index in [0.29, 0.717) is 22.5 Å². The molecule has 0 fully saturated rings. The molecule has 0 aliphatic rings. The zero-order chi connectivity index (χ0) is 22.3. The lowest BCUT2D eigenvalue weighted by atomic mass is 10.1. The number of fused-ring (bicyclic) bond motifs is 2. The molecule has 0 spiro atoms. The van der Waals surface area contributed by atoms with Crippen molar-refractivity contribution in [2.75, 3.05) is 23.7 Å². The molecule has 0 saturated carbocycles. The number of hydrogen-bond acceptors (Lipinski definition) is 4. The number of aromatic amines is 1. The Morgan fingerprint density at radius 2 is 1.53 bits per heavy atom. The van der Waals surface area contributed by atoms with Crippen LogP contribution in [-0.4, -0.2) is 32.5 Å². The van der Waals surface area contributed by atoms with Crippen LogP contribution in [-0.2, 0) is 10.0 Å². The van der Waals surface area contributed by atoms with Gasteiger partial charge < -0.3 is 9.88 Å². The van der Waals surface area contributed by atoms with Gasteiger partial charge in [-0.1, -0.05) is 48.5 Å². The summed E-state index contributed by atoms with van der Waals surface area (Å²) in [5.41, 5.74) is 3.83. The number of rotatable bonds is 5. The molecule has 0 amide bonds. The lowest BCUT2D eigenvalue weighted by Gasteiger charge is -2.17. The zero-order valence-corrected chi connectivity index (χ0v) is 18.5. The number of H-pyrrole nitrogens is 1. The van der Waals surface area contributed by atoms with Crippen molar-refractivity contribution >= 4 is 43.2 Å². The number of imidazole rings is 1. The predicted molar refractivity (Wildman–Crippen MR) is 131 cm³/mol. The number of nitrogens with one attached hydrogen (secondary N) is 2. The minimum atomic E-state index is -3.85. The summed E-state index contributed by atoms with van der Waals surface area (Å²) in [7, 11) is 0.0313. The van der Waals surface area contributed by atoms with E-state index in [1.165, 1.54) is 0 Å². The van der Waals surface area contributed by atoms with E-state index >= 15 is 0 Å². The second kappa shape index (κ2) is 7.69. The third-order valence-electron chi connectivity index (χ3n) is 5.45. The van der Waals surface area contributed by atoms with E-state index in [2.05, 4.69) is 14.7 Å². The summed E-state index contributed by atoms with van der Waals surface area (Å²) >= 11 is 0. The van der Waals surface area contributed by atoms with Crippen LogP contribution < -0.4 is 9.62 Å². The van der Waals surface area contributed by atoms with Gasteiger partial charge in [-0.2, -0.15) is 0 Å². The van der Waals surface area contributed by atoms with Crippen LogP contribution in [0.1, 0.15) is 0 Å². The number of nitrogens with zero attached hydrogens (tertiary/aromatic N) is 2. The Morgan fingerprint density at radius 1 is 0.812 bits per heavy atom. The molecule has 1 aromatic heterocycles. The maximum atomic E-state index is 13.5. The van der Waals surface area contributed by atoms with Crippen LogP contribution in [0.2, 0.25) is 0 Å². The van der Waals surface area contributed by atoms with Crippen molar-refractivity contribution in [3.8, 4) is 11.4 Å². The molecule has 6 nitrogen and oxygen atoms in total. The minimum absolute atomic E-state index is 0.234.